The van der Waals surface area contributed by atoms with Gasteiger partial charge in [-0.05, 0) is 119 Å². The predicted molar refractivity (Wildman–Crippen MR) is 224 cm³/mol. The average molecular weight is 687 g/mol. The van der Waals surface area contributed by atoms with E-state index in [0.29, 0.717) is 0 Å². The first-order valence-electron chi connectivity index (χ1n) is 18.5. The van der Waals surface area contributed by atoms with Crippen molar-refractivity contribution in [2.24, 2.45) is 0 Å². The van der Waals surface area contributed by atoms with E-state index < -0.39 is 0 Å². The van der Waals surface area contributed by atoms with Gasteiger partial charge in [0.25, 0.3) is 0 Å². The Morgan fingerprint density at radius 1 is 0.259 bits per heavy atom. The normalized spacial score (nSPS) is 12.4. The molecule has 0 saturated heterocycles. The zero-order valence-corrected chi connectivity index (χ0v) is 29.1. The molecule has 0 N–H and O–H groups in total. The molecule has 2 aliphatic rings. The summed E-state index contributed by atoms with van der Waals surface area (Å²) >= 11 is 0. The largest absolute Gasteiger partial charge is 0.456 e. The second kappa shape index (κ2) is 11.2. The van der Waals surface area contributed by atoms with Crippen LogP contribution >= 0.6 is 0 Å². The molecule has 54 heavy (non-hydrogen) atoms. The summed E-state index contributed by atoms with van der Waals surface area (Å²) in [5, 5.41) is 9.56. The fourth-order valence-corrected chi connectivity index (χ4v) is 9.05. The van der Waals surface area contributed by atoms with Crippen molar-refractivity contribution < 1.29 is 9.47 Å². The Hall–Kier alpha value is -7.16. The Labute approximate surface area is 312 Å². The lowest BCUT2D eigenvalue weighted by Gasteiger charge is -2.23. The van der Waals surface area contributed by atoms with Gasteiger partial charge in [-0.15, -0.1) is 0 Å². The number of benzene rings is 10. The molecule has 0 amide bonds. The first kappa shape index (κ1) is 29.4. The maximum absolute atomic E-state index is 6.64. The van der Waals surface area contributed by atoms with E-state index in [2.05, 4.69) is 182 Å². The van der Waals surface area contributed by atoms with Crippen LogP contribution in [0.5, 0.6) is 23.0 Å². The van der Waals surface area contributed by atoms with Gasteiger partial charge in [-0.1, -0.05) is 140 Å². The molecule has 2 nitrogen and oxygen atoms in total. The van der Waals surface area contributed by atoms with E-state index in [1.807, 2.05) is 0 Å². The zero-order valence-electron chi connectivity index (χ0n) is 29.1. The van der Waals surface area contributed by atoms with Crippen LogP contribution in [0.4, 0.5) is 0 Å². The van der Waals surface area contributed by atoms with Crippen LogP contribution < -0.4 is 9.47 Å². The molecule has 0 spiro atoms. The minimum atomic E-state index is 0.881. The van der Waals surface area contributed by atoms with Crippen molar-refractivity contribution in [3.63, 3.8) is 0 Å². The highest BCUT2D eigenvalue weighted by molar-refractivity contribution is 6.19. The van der Waals surface area contributed by atoms with Gasteiger partial charge >= 0.3 is 0 Å². The Balaban J connectivity index is 1.08. The van der Waals surface area contributed by atoms with Crippen LogP contribution in [0.3, 0.4) is 0 Å². The maximum Gasteiger partial charge on any atom is 0.135 e. The molecule has 0 saturated carbocycles. The topological polar surface area (TPSA) is 18.5 Å². The average Bonchev–Trinajstić information content (AvgIpc) is 3.23. The minimum absolute atomic E-state index is 0.881. The molecule has 10 aromatic carbocycles. The molecule has 0 fully saturated rings. The molecule has 0 aliphatic carbocycles. The molecular formula is C52H30O2. The highest BCUT2D eigenvalue weighted by atomic mass is 16.5. The van der Waals surface area contributed by atoms with Crippen molar-refractivity contribution in [3.05, 3.63) is 182 Å². The smallest absolute Gasteiger partial charge is 0.135 e. The number of fused-ring (bicyclic) bond motifs is 6. The molecule has 2 aliphatic heterocycles. The third-order valence-corrected chi connectivity index (χ3v) is 11.4. The number of hydrogen-bond donors (Lipinski definition) is 0. The summed E-state index contributed by atoms with van der Waals surface area (Å²) in [5.41, 5.74) is 11.7. The Kier molecular flexibility index (Phi) is 6.09. The van der Waals surface area contributed by atoms with Crippen LogP contribution in [0.1, 0.15) is 0 Å². The number of hydrogen-bond acceptors (Lipinski definition) is 2. The van der Waals surface area contributed by atoms with Crippen LogP contribution in [-0.2, 0) is 0 Å². The van der Waals surface area contributed by atoms with Crippen LogP contribution in [0, 0.1) is 0 Å². The van der Waals surface area contributed by atoms with Crippen molar-refractivity contribution >= 4 is 43.1 Å². The lowest BCUT2D eigenvalue weighted by molar-refractivity contribution is 0.487. The third-order valence-electron chi connectivity index (χ3n) is 11.4. The van der Waals surface area contributed by atoms with E-state index in [1.54, 1.807) is 0 Å². The van der Waals surface area contributed by atoms with Crippen molar-refractivity contribution in [2.75, 3.05) is 0 Å². The van der Waals surface area contributed by atoms with Gasteiger partial charge in [0.15, 0.2) is 0 Å². The first-order chi connectivity index (χ1) is 26.8. The second-order valence-corrected chi connectivity index (χ2v) is 14.4. The summed E-state index contributed by atoms with van der Waals surface area (Å²) in [6.45, 7) is 0. The van der Waals surface area contributed by atoms with Gasteiger partial charge in [0, 0.05) is 21.9 Å². The van der Waals surface area contributed by atoms with Crippen molar-refractivity contribution in [1.82, 2.24) is 0 Å². The van der Waals surface area contributed by atoms with Crippen LogP contribution in [-0.4, -0.2) is 0 Å². The molecule has 0 unspecified atom stereocenters. The van der Waals surface area contributed by atoms with Crippen molar-refractivity contribution in [1.29, 1.82) is 0 Å². The Morgan fingerprint density at radius 2 is 0.722 bits per heavy atom. The van der Waals surface area contributed by atoms with E-state index >= 15 is 0 Å². The molecular weight excluding hydrogens is 657 g/mol. The van der Waals surface area contributed by atoms with Gasteiger partial charge in [-0.2, -0.15) is 0 Å². The SMILES string of the molecule is c1ccc(-c2c3cccc(-c4ccc5c(c4)Oc4cccc6cccc-5c46)c3cc3c(-c4ccc5c(c4)Oc4cccc6cccc-5c46)cccc23)cc1. The molecule has 0 atom stereocenters. The van der Waals surface area contributed by atoms with Gasteiger partial charge in [0.2, 0.25) is 0 Å². The number of rotatable bonds is 3. The summed E-state index contributed by atoms with van der Waals surface area (Å²) in [5.74, 6) is 3.57. The summed E-state index contributed by atoms with van der Waals surface area (Å²) < 4.78 is 13.3. The summed E-state index contributed by atoms with van der Waals surface area (Å²) in [6, 6.07) is 65.6. The van der Waals surface area contributed by atoms with Gasteiger partial charge in [0.05, 0.1) is 0 Å². The summed E-state index contributed by atoms with van der Waals surface area (Å²) in [4.78, 5) is 0. The molecule has 10 aromatic rings. The zero-order chi connectivity index (χ0) is 35.3. The molecule has 0 radical (unpaired) electrons. The van der Waals surface area contributed by atoms with Crippen LogP contribution in [0.15, 0.2) is 182 Å². The predicted octanol–water partition coefficient (Wildman–Crippen LogP) is 14.8. The van der Waals surface area contributed by atoms with E-state index in [-0.39, 0.29) is 0 Å². The Bertz CT molecular complexity index is 3010. The number of ether oxygens (including phenoxy) is 2. The van der Waals surface area contributed by atoms with E-state index in [1.165, 1.54) is 76.5 Å². The van der Waals surface area contributed by atoms with E-state index in [9.17, 15) is 0 Å². The fraction of sp³-hybridized carbons (Fsp3) is 0. The highest BCUT2D eigenvalue weighted by Crippen LogP contribution is 2.51. The quantitative estimate of drug-likeness (QED) is 0.172. The van der Waals surface area contributed by atoms with Gasteiger partial charge in [-0.25, -0.2) is 0 Å². The minimum Gasteiger partial charge on any atom is -0.456 e. The van der Waals surface area contributed by atoms with Crippen LogP contribution in [0.2, 0.25) is 0 Å². The third kappa shape index (κ3) is 4.22. The molecule has 12 rings (SSSR count). The fourth-order valence-electron chi connectivity index (χ4n) is 9.05. The molecule has 0 bridgehead atoms. The Morgan fingerprint density at radius 3 is 1.24 bits per heavy atom. The van der Waals surface area contributed by atoms with Gasteiger partial charge in [0.1, 0.15) is 23.0 Å². The van der Waals surface area contributed by atoms with Gasteiger partial charge < -0.3 is 9.47 Å². The summed E-state index contributed by atoms with van der Waals surface area (Å²) in [6.07, 6.45) is 0. The first-order valence-corrected chi connectivity index (χ1v) is 18.5. The lowest BCUT2D eigenvalue weighted by atomic mass is 9.85. The van der Waals surface area contributed by atoms with E-state index in [4.69, 9.17) is 9.47 Å². The molecule has 2 heterocycles. The summed E-state index contributed by atoms with van der Waals surface area (Å²) in [7, 11) is 0. The molecule has 0 aromatic heterocycles. The van der Waals surface area contributed by atoms with Crippen molar-refractivity contribution in [2.45, 2.75) is 0 Å². The van der Waals surface area contributed by atoms with Crippen molar-refractivity contribution in [3.8, 4) is 78.6 Å². The second-order valence-electron chi connectivity index (χ2n) is 14.4. The maximum atomic E-state index is 6.64. The van der Waals surface area contributed by atoms with E-state index in [0.717, 1.165) is 45.3 Å². The highest BCUT2D eigenvalue weighted by Gasteiger charge is 2.23. The molecule has 2 heteroatoms. The molecule has 250 valence electrons. The van der Waals surface area contributed by atoms with Gasteiger partial charge in [-0.3, -0.25) is 0 Å². The standard InChI is InChI=1S/C52H30O2/c1-2-10-31(11-3-1)50-42-20-8-16-36(34-24-26-38-40-18-4-12-32-14-6-22-46(51(32)40)53-48(38)28-34)44(42)30-45-37(17-9-21-43(45)50)35-25-27-39-41-19-5-13-33-15-7-23-47(52(33)41)54-49(39)29-35/h1-30H. The van der Waals surface area contributed by atoms with Crippen LogP contribution in [0.25, 0.3) is 98.7 Å². The lowest BCUT2D eigenvalue weighted by Crippen LogP contribution is -1.98. The monoisotopic (exact) mass is 686 g/mol.